The molecule has 0 aromatic heterocycles. The molecule has 0 heterocycles. The molecule has 0 aliphatic carbocycles. The molecule has 4 heteroatoms. The predicted octanol–water partition coefficient (Wildman–Crippen LogP) is 2.58. The van der Waals surface area contributed by atoms with Gasteiger partial charge in [0.15, 0.2) is 0 Å². The smallest absolute Gasteiger partial charge is 0.240 e. The normalized spacial score (nSPS) is 11.3. The molecule has 1 amide bonds. The first kappa shape index (κ1) is 14.2. The molecule has 0 saturated carbocycles. The van der Waals surface area contributed by atoms with Gasteiger partial charge in [-0.15, -0.1) is 0 Å². The van der Waals surface area contributed by atoms with Gasteiger partial charge in [-0.3, -0.25) is 4.79 Å². The standard InChI is InChI=1S/C13H19BrN2O/c1-3-13(15,4-2)12(17)16-9-10-6-5-7-11(14)8-10/h5-8H,3-4,9,15H2,1-2H3,(H,16,17). The van der Waals surface area contributed by atoms with Gasteiger partial charge in [0.2, 0.25) is 5.91 Å². The van der Waals surface area contributed by atoms with Crippen molar-refractivity contribution in [1.29, 1.82) is 0 Å². The summed E-state index contributed by atoms with van der Waals surface area (Å²) in [5.74, 6) is -0.0810. The summed E-state index contributed by atoms with van der Waals surface area (Å²) in [7, 11) is 0. The van der Waals surface area contributed by atoms with Crippen LogP contribution in [0.3, 0.4) is 0 Å². The summed E-state index contributed by atoms with van der Waals surface area (Å²) >= 11 is 3.40. The van der Waals surface area contributed by atoms with Gasteiger partial charge >= 0.3 is 0 Å². The zero-order valence-electron chi connectivity index (χ0n) is 10.3. The molecule has 0 bridgehead atoms. The van der Waals surface area contributed by atoms with E-state index in [0.29, 0.717) is 19.4 Å². The zero-order chi connectivity index (χ0) is 12.9. The molecule has 0 aliphatic rings. The molecule has 0 atom stereocenters. The van der Waals surface area contributed by atoms with E-state index in [1.165, 1.54) is 0 Å². The Labute approximate surface area is 111 Å². The maximum Gasteiger partial charge on any atom is 0.240 e. The molecule has 0 spiro atoms. The third kappa shape index (κ3) is 3.82. The molecule has 0 saturated heterocycles. The first-order valence-electron chi connectivity index (χ1n) is 5.83. The van der Waals surface area contributed by atoms with E-state index >= 15 is 0 Å². The van der Waals surface area contributed by atoms with Crippen LogP contribution in [0.4, 0.5) is 0 Å². The van der Waals surface area contributed by atoms with Crippen molar-refractivity contribution in [2.24, 2.45) is 5.73 Å². The fourth-order valence-corrected chi connectivity index (χ4v) is 2.02. The number of amides is 1. The van der Waals surface area contributed by atoms with Gasteiger partial charge in [0, 0.05) is 11.0 Å². The lowest BCUT2D eigenvalue weighted by molar-refractivity contribution is -0.126. The van der Waals surface area contributed by atoms with E-state index < -0.39 is 5.54 Å². The van der Waals surface area contributed by atoms with E-state index in [9.17, 15) is 4.79 Å². The Morgan fingerprint density at radius 3 is 2.59 bits per heavy atom. The molecular weight excluding hydrogens is 280 g/mol. The Bertz CT molecular complexity index is 389. The topological polar surface area (TPSA) is 55.1 Å². The molecule has 0 fully saturated rings. The van der Waals surface area contributed by atoms with Crippen LogP contribution in [0.1, 0.15) is 32.3 Å². The summed E-state index contributed by atoms with van der Waals surface area (Å²) in [4.78, 5) is 11.9. The number of benzene rings is 1. The van der Waals surface area contributed by atoms with Crippen molar-refractivity contribution in [1.82, 2.24) is 5.32 Å². The van der Waals surface area contributed by atoms with Crippen LogP contribution in [-0.2, 0) is 11.3 Å². The number of nitrogens with two attached hydrogens (primary N) is 1. The Balaban J connectivity index is 2.59. The molecule has 17 heavy (non-hydrogen) atoms. The summed E-state index contributed by atoms with van der Waals surface area (Å²) in [6.07, 6.45) is 1.29. The van der Waals surface area contributed by atoms with Crippen molar-refractivity contribution in [3.8, 4) is 0 Å². The highest BCUT2D eigenvalue weighted by Crippen LogP contribution is 2.13. The maximum atomic E-state index is 11.9. The quantitative estimate of drug-likeness (QED) is 0.878. The summed E-state index contributed by atoms with van der Waals surface area (Å²) in [5, 5.41) is 2.88. The van der Waals surface area contributed by atoms with Gasteiger partial charge < -0.3 is 11.1 Å². The highest BCUT2D eigenvalue weighted by molar-refractivity contribution is 9.10. The molecule has 1 rings (SSSR count). The first-order valence-corrected chi connectivity index (χ1v) is 6.62. The molecule has 3 N–H and O–H groups in total. The lowest BCUT2D eigenvalue weighted by Gasteiger charge is -2.25. The predicted molar refractivity (Wildman–Crippen MR) is 73.5 cm³/mol. The van der Waals surface area contributed by atoms with E-state index in [4.69, 9.17) is 5.73 Å². The van der Waals surface area contributed by atoms with E-state index in [0.717, 1.165) is 10.0 Å². The van der Waals surface area contributed by atoms with Crippen molar-refractivity contribution in [3.05, 3.63) is 34.3 Å². The van der Waals surface area contributed by atoms with Gasteiger partial charge in [0.25, 0.3) is 0 Å². The summed E-state index contributed by atoms with van der Waals surface area (Å²) in [6.45, 7) is 4.38. The minimum atomic E-state index is -0.744. The minimum absolute atomic E-state index is 0.0810. The van der Waals surface area contributed by atoms with E-state index in [-0.39, 0.29) is 5.91 Å². The van der Waals surface area contributed by atoms with Gasteiger partial charge in [-0.25, -0.2) is 0 Å². The Morgan fingerprint density at radius 1 is 1.41 bits per heavy atom. The lowest BCUT2D eigenvalue weighted by atomic mass is 9.93. The third-order valence-corrected chi connectivity index (χ3v) is 3.55. The fourth-order valence-electron chi connectivity index (χ4n) is 1.58. The minimum Gasteiger partial charge on any atom is -0.350 e. The highest BCUT2D eigenvalue weighted by atomic mass is 79.9. The molecule has 1 aromatic rings. The molecule has 0 unspecified atom stereocenters. The monoisotopic (exact) mass is 298 g/mol. The number of rotatable bonds is 5. The van der Waals surface area contributed by atoms with Gasteiger partial charge in [-0.05, 0) is 30.5 Å². The summed E-state index contributed by atoms with van der Waals surface area (Å²) < 4.78 is 1.01. The number of hydrogen-bond donors (Lipinski definition) is 2. The largest absolute Gasteiger partial charge is 0.350 e. The second-order valence-corrected chi connectivity index (χ2v) is 5.09. The number of hydrogen-bond acceptors (Lipinski definition) is 2. The zero-order valence-corrected chi connectivity index (χ0v) is 11.9. The molecule has 0 radical (unpaired) electrons. The second-order valence-electron chi connectivity index (χ2n) is 4.18. The van der Waals surface area contributed by atoms with Crippen LogP contribution in [-0.4, -0.2) is 11.4 Å². The van der Waals surface area contributed by atoms with Crippen LogP contribution in [0.15, 0.2) is 28.7 Å². The number of halogens is 1. The van der Waals surface area contributed by atoms with Crippen molar-refractivity contribution >= 4 is 21.8 Å². The van der Waals surface area contributed by atoms with Crippen LogP contribution >= 0.6 is 15.9 Å². The van der Waals surface area contributed by atoms with Gasteiger partial charge in [-0.1, -0.05) is 41.9 Å². The summed E-state index contributed by atoms with van der Waals surface area (Å²) in [5.41, 5.74) is 6.33. The van der Waals surface area contributed by atoms with Crippen LogP contribution in [0.5, 0.6) is 0 Å². The van der Waals surface area contributed by atoms with Crippen LogP contribution in [0.2, 0.25) is 0 Å². The number of carbonyl (C=O) groups is 1. The van der Waals surface area contributed by atoms with Gasteiger partial charge in [0.1, 0.15) is 0 Å². The highest BCUT2D eigenvalue weighted by Gasteiger charge is 2.29. The SMILES string of the molecule is CCC(N)(CC)C(=O)NCc1cccc(Br)c1. The van der Waals surface area contributed by atoms with Crippen LogP contribution in [0, 0.1) is 0 Å². The van der Waals surface area contributed by atoms with Crippen molar-refractivity contribution in [2.45, 2.75) is 38.8 Å². The fraction of sp³-hybridized carbons (Fsp3) is 0.462. The molecular formula is C13H19BrN2O. The molecule has 94 valence electrons. The van der Waals surface area contributed by atoms with Crippen molar-refractivity contribution < 1.29 is 4.79 Å². The summed E-state index contributed by atoms with van der Waals surface area (Å²) in [6, 6.07) is 7.86. The average molecular weight is 299 g/mol. The van der Waals surface area contributed by atoms with Crippen molar-refractivity contribution in [3.63, 3.8) is 0 Å². The molecule has 1 aromatic carbocycles. The van der Waals surface area contributed by atoms with Crippen molar-refractivity contribution in [2.75, 3.05) is 0 Å². The van der Waals surface area contributed by atoms with E-state index in [2.05, 4.69) is 21.2 Å². The second kappa shape index (κ2) is 6.17. The van der Waals surface area contributed by atoms with E-state index in [1.807, 2.05) is 38.1 Å². The maximum absolute atomic E-state index is 11.9. The van der Waals surface area contributed by atoms with Gasteiger partial charge in [0.05, 0.1) is 5.54 Å². The number of nitrogens with one attached hydrogen (secondary N) is 1. The van der Waals surface area contributed by atoms with E-state index in [1.54, 1.807) is 0 Å². The van der Waals surface area contributed by atoms with Crippen LogP contribution in [0.25, 0.3) is 0 Å². The average Bonchev–Trinajstić information content (AvgIpc) is 2.35. The Hall–Kier alpha value is -0.870. The van der Waals surface area contributed by atoms with Gasteiger partial charge in [-0.2, -0.15) is 0 Å². The lowest BCUT2D eigenvalue weighted by Crippen LogP contribution is -2.52. The van der Waals surface area contributed by atoms with Crippen LogP contribution < -0.4 is 11.1 Å². The molecule has 3 nitrogen and oxygen atoms in total. The Morgan fingerprint density at radius 2 is 2.06 bits per heavy atom. The third-order valence-electron chi connectivity index (χ3n) is 3.06. The molecule has 0 aliphatic heterocycles. The number of carbonyl (C=O) groups excluding carboxylic acids is 1. The Kier molecular flexibility index (Phi) is 5.15. The first-order chi connectivity index (χ1) is 8.01.